The average Bonchev–Trinajstić information content (AvgIpc) is 2.68. The Kier molecular flexibility index (Phi) is 6.23. The van der Waals surface area contributed by atoms with Gasteiger partial charge in [0.05, 0.1) is 18.1 Å². The quantitative estimate of drug-likeness (QED) is 0.649. The van der Waals surface area contributed by atoms with E-state index in [-0.39, 0.29) is 10.7 Å². The smallest absolute Gasteiger partial charge is 0.188 e. The van der Waals surface area contributed by atoms with Gasteiger partial charge in [0.1, 0.15) is 22.9 Å². The van der Waals surface area contributed by atoms with E-state index in [1.165, 1.54) is 12.4 Å². The number of hydrogen-bond acceptors (Lipinski definition) is 9. The summed E-state index contributed by atoms with van der Waals surface area (Å²) in [4.78, 5) is 10.3. The highest BCUT2D eigenvalue weighted by atomic mass is 32.2. The number of likely N-dealkylation sites (tertiary alicyclic amines) is 1. The predicted molar refractivity (Wildman–Crippen MR) is 101 cm³/mol. The third-order valence-corrected chi connectivity index (χ3v) is 5.08. The molecule has 0 bridgehead atoms. The van der Waals surface area contributed by atoms with E-state index in [4.69, 9.17) is 10.4 Å². The molecule has 142 valence electrons. The van der Waals surface area contributed by atoms with Crippen LogP contribution in [0.1, 0.15) is 18.5 Å². The summed E-state index contributed by atoms with van der Waals surface area (Å²) in [5.74, 6) is 1.37. The lowest BCUT2D eigenvalue weighted by Gasteiger charge is -2.29. The normalized spacial score (nSPS) is 16.5. The fourth-order valence-corrected chi connectivity index (χ4v) is 3.29. The standard InChI is InChI=1S/C16H21N9OS/c1-25-4-2-11(3-5-25)8-20-13-6-14(23-24-16(13)27(18)26)22-15-10-19-12(7-17)9-21-15/h6,9-11H,2-5,8,18H2,1H3,(H2,20,21,22,23). The molecule has 0 aromatic carbocycles. The number of nitriles is 1. The van der Waals surface area contributed by atoms with Gasteiger partial charge in [0, 0.05) is 12.6 Å². The first-order chi connectivity index (χ1) is 13.0. The second-order valence-electron chi connectivity index (χ2n) is 6.40. The van der Waals surface area contributed by atoms with Crippen molar-refractivity contribution in [2.24, 2.45) is 11.1 Å². The molecule has 11 heteroatoms. The van der Waals surface area contributed by atoms with Gasteiger partial charge in [-0.2, -0.15) is 5.26 Å². The Morgan fingerprint density at radius 2 is 2.07 bits per heavy atom. The zero-order chi connectivity index (χ0) is 19.2. The van der Waals surface area contributed by atoms with Crippen molar-refractivity contribution in [3.63, 3.8) is 0 Å². The SMILES string of the molecule is CN1CCC(CNc2cc(Nc3cnc(C#N)cn3)nnc2S(N)=O)CC1. The van der Waals surface area contributed by atoms with E-state index in [2.05, 4.69) is 42.7 Å². The highest BCUT2D eigenvalue weighted by molar-refractivity contribution is 7.82. The van der Waals surface area contributed by atoms with E-state index in [1.807, 2.05) is 6.07 Å². The zero-order valence-corrected chi connectivity index (χ0v) is 15.7. The van der Waals surface area contributed by atoms with Crippen LogP contribution >= 0.6 is 0 Å². The first-order valence-corrected chi connectivity index (χ1v) is 9.72. The third-order valence-electron chi connectivity index (χ3n) is 4.39. The van der Waals surface area contributed by atoms with Crippen LogP contribution in [0.25, 0.3) is 0 Å². The third kappa shape index (κ3) is 5.16. The molecule has 3 rings (SSSR count). The number of rotatable bonds is 6. The van der Waals surface area contributed by atoms with E-state index in [9.17, 15) is 4.21 Å². The van der Waals surface area contributed by atoms with Crippen molar-refractivity contribution in [3.05, 3.63) is 24.2 Å². The topological polar surface area (TPSA) is 146 Å². The summed E-state index contributed by atoms with van der Waals surface area (Å²) in [5, 5.41) is 28.7. The maximum atomic E-state index is 11.8. The highest BCUT2D eigenvalue weighted by Crippen LogP contribution is 2.22. The second kappa shape index (κ2) is 8.81. The molecule has 1 aliphatic heterocycles. The maximum Gasteiger partial charge on any atom is 0.188 e. The lowest BCUT2D eigenvalue weighted by Crippen LogP contribution is -2.33. The van der Waals surface area contributed by atoms with Crippen LogP contribution < -0.4 is 15.8 Å². The van der Waals surface area contributed by atoms with E-state index in [0.29, 0.717) is 23.2 Å². The van der Waals surface area contributed by atoms with Crippen LogP contribution in [0, 0.1) is 17.2 Å². The van der Waals surface area contributed by atoms with Gasteiger partial charge in [-0.25, -0.2) is 19.3 Å². The zero-order valence-electron chi connectivity index (χ0n) is 14.9. The van der Waals surface area contributed by atoms with Gasteiger partial charge in [0.25, 0.3) is 0 Å². The minimum absolute atomic E-state index is 0.208. The number of nitrogens with two attached hydrogens (primary N) is 1. The van der Waals surface area contributed by atoms with Gasteiger partial charge in [-0.05, 0) is 38.9 Å². The Bertz CT molecular complexity index is 844. The summed E-state index contributed by atoms with van der Waals surface area (Å²) in [7, 11) is 0.373. The molecule has 0 aliphatic carbocycles. The van der Waals surface area contributed by atoms with Gasteiger partial charge < -0.3 is 15.5 Å². The number of nitrogens with one attached hydrogen (secondary N) is 2. The van der Waals surface area contributed by atoms with E-state index in [1.54, 1.807) is 6.07 Å². The molecule has 2 aromatic heterocycles. The van der Waals surface area contributed by atoms with Crippen molar-refractivity contribution in [2.45, 2.75) is 17.9 Å². The first-order valence-electron chi connectivity index (χ1n) is 8.50. The minimum atomic E-state index is -1.75. The molecule has 0 amide bonds. The predicted octanol–water partition coefficient (Wildman–Crippen LogP) is 0.617. The second-order valence-corrected chi connectivity index (χ2v) is 7.38. The van der Waals surface area contributed by atoms with Crippen molar-refractivity contribution >= 4 is 28.3 Å². The Morgan fingerprint density at radius 1 is 1.30 bits per heavy atom. The van der Waals surface area contributed by atoms with Gasteiger partial charge in [-0.15, -0.1) is 10.2 Å². The van der Waals surface area contributed by atoms with Gasteiger partial charge >= 0.3 is 0 Å². The molecule has 27 heavy (non-hydrogen) atoms. The van der Waals surface area contributed by atoms with Crippen LogP contribution in [-0.4, -0.2) is 56.0 Å². The largest absolute Gasteiger partial charge is 0.382 e. The summed E-state index contributed by atoms with van der Waals surface area (Å²) < 4.78 is 11.8. The number of piperidine rings is 1. The summed E-state index contributed by atoms with van der Waals surface area (Å²) in [5.41, 5.74) is 0.801. The fourth-order valence-electron chi connectivity index (χ4n) is 2.82. The molecular weight excluding hydrogens is 366 g/mol. The molecular formula is C16H21N9OS. The Hall–Kier alpha value is -2.68. The number of anilines is 3. The Balaban J connectivity index is 1.71. The van der Waals surface area contributed by atoms with Crippen molar-refractivity contribution in [1.29, 1.82) is 5.26 Å². The summed E-state index contributed by atoms with van der Waals surface area (Å²) >= 11 is 0. The van der Waals surface area contributed by atoms with E-state index >= 15 is 0 Å². The first kappa shape index (κ1) is 19.1. The molecule has 2 aromatic rings. The molecule has 4 N–H and O–H groups in total. The van der Waals surface area contributed by atoms with Crippen LogP contribution in [0.5, 0.6) is 0 Å². The minimum Gasteiger partial charge on any atom is -0.382 e. The molecule has 1 fully saturated rings. The number of hydrogen-bond donors (Lipinski definition) is 3. The maximum absolute atomic E-state index is 11.8. The van der Waals surface area contributed by atoms with Crippen LogP contribution in [-0.2, 0) is 11.0 Å². The fraction of sp³-hybridized carbons (Fsp3) is 0.438. The molecule has 1 unspecified atom stereocenters. The summed E-state index contributed by atoms with van der Waals surface area (Å²) in [6.07, 6.45) is 5.00. The molecule has 10 nitrogen and oxygen atoms in total. The highest BCUT2D eigenvalue weighted by Gasteiger charge is 2.18. The Morgan fingerprint density at radius 3 is 2.70 bits per heavy atom. The molecule has 1 atom stereocenters. The van der Waals surface area contributed by atoms with Gasteiger partial charge in [0.2, 0.25) is 0 Å². The van der Waals surface area contributed by atoms with Crippen molar-refractivity contribution in [2.75, 3.05) is 37.3 Å². The van der Waals surface area contributed by atoms with Crippen LogP contribution in [0.4, 0.5) is 17.3 Å². The molecule has 3 heterocycles. The lowest BCUT2D eigenvalue weighted by atomic mass is 9.97. The van der Waals surface area contributed by atoms with Crippen LogP contribution in [0.2, 0.25) is 0 Å². The average molecular weight is 387 g/mol. The van der Waals surface area contributed by atoms with Crippen molar-refractivity contribution in [3.8, 4) is 6.07 Å². The van der Waals surface area contributed by atoms with Crippen molar-refractivity contribution in [1.82, 2.24) is 25.1 Å². The van der Waals surface area contributed by atoms with Crippen LogP contribution in [0.15, 0.2) is 23.5 Å². The van der Waals surface area contributed by atoms with Gasteiger partial charge in [-0.3, -0.25) is 0 Å². The van der Waals surface area contributed by atoms with E-state index in [0.717, 1.165) is 32.5 Å². The summed E-state index contributed by atoms with van der Waals surface area (Å²) in [6, 6.07) is 3.60. The van der Waals surface area contributed by atoms with Gasteiger partial charge in [0.15, 0.2) is 16.5 Å². The summed E-state index contributed by atoms with van der Waals surface area (Å²) in [6.45, 7) is 2.89. The molecule has 0 saturated carbocycles. The molecule has 1 saturated heterocycles. The lowest BCUT2D eigenvalue weighted by molar-refractivity contribution is 0.226. The van der Waals surface area contributed by atoms with E-state index < -0.39 is 11.0 Å². The van der Waals surface area contributed by atoms with Gasteiger partial charge in [-0.1, -0.05) is 0 Å². The molecule has 0 radical (unpaired) electrons. The van der Waals surface area contributed by atoms with Crippen molar-refractivity contribution < 1.29 is 4.21 Å². The number of nitrogens with zero attached hydrogens (tertiary/aromatic N) is 6. The molecule has 0 spiro atoms. The van der Waals surface area contributed by atoms with Crippen LogP contribution in [0.3, 0.4) is 0 Å². The Labute approximate surface area is 159 Å². The molecule has 1 aliphatic rings. The monoisotopic (exact) mass is 387 g/mol. The number of aromatic nitrogens is 4.